The van der Waals surface area contributed by atoms with E-state index in [0.717, 1.165) is 29.4 Å². The van der Waals surface area contributed by atoms with Crippen LogP contribution in [0.5, 0.6) is 0 Å². The normalized spacial score (nSPS) is 15.2. The van der Waals surface area contributed by atoms with E-state index >= 15 is 0 Å². The molecule has 2 heterocycles. The second kappa shape index (κ2) is 6.93. The van der Waals surface area contributed by atoms with Crippen LogP contribution in [0.2, 0.25) is 0 Å². The van der Waals surface area contributed by atoms with Gasteiger partial charge in [-0.15, -0.1) is 0 Å². The molecule has 3 aromatic rings. The molecule has 1 aliphatic rings. The minimum atomic E-state index is -0.232. The number of aromatic nitrogens is 3. The molecule has 25 heavy (non-hydrogen) atoms. The summed E-state index contributed by atoms with van der Waals surface area (Å²) in [7, 11) is 0. The SMILES string of the molecule is O=C(Nc1ccc2[nH]ccc2c1)c1cc(NC2CCCCC2)ncn1. The summed E-state index contributed by atoms with van der Waals surface area (Å²) in [4.78, 5) is 24.0. The van der Waals surface area contributed by atoms with E-state index in [9.17, 15) is 4.79 Å². The van der Waals surface area contributed by atoms with E-state index in [1.165, 1.54) is 25.6 Å². The van der Waals surface area contributed by atoms with Gasteiger partial charge in [0, 0.05) is 34.9 Å². The highest BCUT2D eigenvalue weighted by Crippen LogP contribution is 2.21. The number of amides is 1. The molecule has 1 aliphatic carbocycles. The second-order valence-electron chi connectivity index (χ2n) is 6.50. The summed E-state index contributed by atoms with van der Waals surface area (Å²) in [6.07, 6.45) is 9.43. The predicted molar refractivity (Wildman–Crippen MR) is 98.8 cm³/mol. The molecule has 128 valence electrons. The molecule has 0 atom stereocenters. The van der Waals surface area contributed by atoms with Gasteiger partial charge in [-0.25, -0.2) is 9.97 Å². The lowest BCUT2D eigenvalue weighted by atomic mass is 9.95. The molecule has 4 rings (SSSR count). The summed E-state index contributed by atoms with van der Waals surface area (Å²) in [5.41, 5.74) is 2.15. The van der Waals surface area contributed by atoms with E-state index in [1.807, 2.05) is 30.5 Å². The molecule has 0 radical (unpaired) electrons. The van der Waals surface area contributed by atoms with Crippen molar-refractivity contribution in [1.29, 1.82) is 0 Å². The molecule has 0 unspecified atom stereocenters. The molecule has 6 heteroatoms. The molecule has 1 aromatic carbocycles. The van der Waals surface area contributed by atoms with Crippen LogP contribution in [0.1, 0.15) is 42.6 Å². The number of nitrogens with zero attached hydrogens (tertiary/aromatic N) is 2. The van der Waals surface area contributed by atoms with Crippen molar-refractivity contribution in [3.05, 3.63) is 48.5 Å². The van der Waals surface area contributed by atoms with Gasteiger partial charge in [0.25, 0.3) is 5.91 Å². The highest BCUT2D eigenvalue weighted by atomic mass is 16.1. The number of hydrogen-bond acceptors (Lipinski definition) is 4. The van der Waals surface area contributed by atoms with Crippen LogP contribution in [0.3, 0.4) is 0 Å². The average Bonchev–Trinajstić information content (AvgIpc) is 3.10. The molecule has 0 saturated heterocycles. The van der Waals surface area contributed by atoms with Crippen molar-refractivity contribution in [3.8, 4) is 0 Å². The Balaban J connectivity index is 1.46. The van der Waals surface area contributed by atoms with Gasteiger partial charge in [0.05, 0.1) is 0 Å². The third kappa shape index (κ3) is 3.63. The Bertz CT molecular complexity index is 882. The number of benzene rings is 1. The minimum Gasteiger partial charge on any atom is -0.367 e. The summed E-state index contributed by atoms with van der Waals surface area (Å²) in [6, 6.07) is 9.89. The van der Waals surface area contributed by atoms with Gasteiger partial charge in [-0.3, -0.25) is 4.79 Å². The van der Waals surface area contributed by atoms with Crippen molar-refractivity contribution in [1.82, 2.24) is 15.0 Å². The van der Waals surface area contributed by atoms with Gasteiger partial charge < -0.3 is 15.6 Å². The Labute approximate surface area is 146 Å². The zero-order valence-corrected chi connectivity index (χ0v) is 14.0. The third-order valence-electron chi connectivity index (χ3n) is 4.67. The third-order valence-corrected chi connectivity index (χ3v) is 4.67. The Morgan fingerprint density at radius 3 is 2.84 bits per heavy atom. The van der Waals surface area contributed by atoms with Crippen LogP contribution in [0, 0.1) is 0 Å². The predicted octanol–water partition coefficient (Wildman–Crippen LogP) is 3.95. The molecule has 1 amide bonds. The molecule has 0 spiro atoms. The van der Waals surface area contributed by atoms with Crippen LogP contribution in [0.15, 0.2) is 42.9 Å². The fraction of sp³-hybridized carbons (Fsp3) is 0.316. The molecule has 0 aliphatic heterocycles. The number of nitrogens with one attached hydrogen (secondary N) is 3. The molecular weight excluding hydrogens is 314 g/mol. The number of H-pyrrole nitrogens is 1. The van der Waals surface area contributed by atoms with Crippen LogP contribution in [-0.2, 0) is 0 Å². The van der Waals surface area contributed by atoms with E-state index in [4.69, 9.17) is 0 Å². The largest absolute Gasteiger partial charge is 0.367 e. The number of fused-ring (bicyclic) bond motifs is 1. The smallest absolute Gasteiger partial charge is 0.274 e. The molecule has 1 saturated carbocycles. The molecule has 3 N–H and O–H groups in total. The van der Waals surface area contributed by atoms with E-state index < -0.39 is 0 Å². The van der Waals surface area contributed by atoms with Gasteiger partial charge in [-0.05, 0) is 37.1 Å². The molecular formula is C19H21N5O. The van der Waals surface area contributed by atoms with Crippen LogP contribution >= 0.6 is 0 Å². The maximum absolute atomic E-state index is 12.5. The number of anilines is 2. The van der Waals surface area contributed by atoms with E-state index in [-0.39, 0.29) is 5.91 Å². The lowest BCUT2D eigenvalue weighted by Gasteiger charge is -2.23. The van der Waals surface area contributed by atoms with Gasteiger partial charge >= 0.3 is 0 Å². The van der Waals surface area contributed by atoms with Crippen molar-refractivity contribution in [2.45, 2.75) is 38.1 Å². The average molecular weight is 335 g/mol. The standard InChI is InChI=1S/C19H21N5O/c25-19(24-15-6-7-16-13(10-15)8-9-20-16)17-11-18(22-12-21-17)23-14-4-2-1-3-5-14/h6-12,14,20H,1-5H2,(H,24,25)(H,21,22,23). The maximum atomic E-state index is 12.5. The first kappa shape index (κ1) is 15.6. The highest BCUT2D eigenvalue weighted by Gasteiger charge is 2.15. The monoisotopic (exact) mass is 335 g/mol. The Morgan fingerprint density at radius 2 is 1.96 bits per heavy atom. The lowest BCUT2D eigenvalue weighted by molar-refractivity contribution is 0.102. The minimum absolute atomic E-state index is 0.232. The lowest BCUT2D eigenvalue weighted by Crippen LogP contribution is -2.23. The molecule has 1 fully saturated rings. The van der Waals surface area contributed by atoms with Crippen LogP contribution in [0.25, 0.3) is 10.9 Å². The van der Waals surface area contributed by atoms with Gasteiger partial charge in [0.2, 0.25) is 0 Å². The summed E-state index contributed by atoms with van der Waals surface area (Å²) < 4.78 is 0. The second-order valence-corrected chi connectivity index (χ2v) is 6.50. The molecule has 2 aromatic heterocycles. The number of aromatic amines is 1. The van der Waals surface area contributed by atoms with Gasteiger partial charge in [0.1, 0.15) is 17.8 Å². The van der Waals surface area contributed by atoms with Crippen molar-refractivity contribution in [3.63, 3.8) is 0 Å². The number of carbonyl (C=O) groups is 1. The Kier molecular flexibility index (Phi) is 4.33. The van der Waals surface area contributed by atoms with Crippen molar-refractivity contribution in [2.24, 2.45) is 0 Å². The van der Waals surface area contributed by atoms with Gasteiger partial charge in [-0.1, -0.05) is 19.3 Å². The zero-order chi connectivity index (χ0) is 17.1. The van der Waals surface area contributed by atoms with E-state index in [1.54, 1.807) is 6.07 Å². The molecule has 0 bridgehead atoms. The van der Waals surface area contributed by atoms with Crippen LogP contribution in [0.4, 0.5) is 11.5 Å². The summed E-state index contributed by atoms with van der Waals surface area (Å²) in [6.45, 7) is 0. The van der Waals surface area contributed by atoms with Crippen LogP contribution < -0.4 is 10.6 Å². The maximum Gasteiger partial charge on any atom is 0.274 e. The van der Waals surface area contributed by atoms with Crippen molar-refractivity contribution >= 4 is 28.3 Å². The fourth-order valence-corrected chi connectivity index (χ4v) is 3.34. The summed E-state index contributed by atoms with van der Waals surface area (Å²) >= 11 is 0. The fourth-order valence-electron chi connectivity index (χ4n) is 3.34. The van der Waals surface area contributed by atoms with Gasteiger partial charge in [0.15, 0.2) is 0 Å². The van der Waals surface area contributed by atoms with Crippen molar-refractivity contribution < 1.29 is 4.79 Å². The summed E-state index contributed by atoms with van der Waals surface area (Å²) in [5.74, 6) is 0.483. The van der Waals surface area contributed by atoms with E-state index in [2.05, 4.69) is 25.6 Å². The number of carbonyl (C=O) groups excluding carboxylic acids is 1. The van der Waals surface area contributed by atoms with E-state index in [0.29, 0.717) is 17.6 Å². The Morgan fingerprint density at radius 1 is 1.08 bits per heavy atom. The van der Waals surface area contributed by atoms with Crippen LogP contribution in [-0.4, -0.2) is 26.9 Å². The van der Waals surface area contributed by atoms with Gasteiger partial charge in [-0.2, -0.15) is 0 Å². The first-order valence-corrected chi connectivity index (χ1v) is 8.75. The Hall–Kier alpha value is -2.89. The summed E-state index contributed by atoms with van der Waals surface area (Å²) in [5, 5.41) is 7.38. The quantitative estimate of drug-likeness (QED) is 0.674. The topological polar surface area (TPSA) is 82.7 Å². The zero-order valence-electron chi connectivity index (χ0n) is 14.0. The molecule has 6 nitrogen and oxygen atoms in total. The highest BCUT2D eigenvalue weighted by molar-refractivity contribution is 6.04. The first-order chi connectivity index (χ1) is 12.3. The first-order valence-electron chi connectivity index (χ1n) is 8.75. The number of rotatable bonds is 4. The van der Waals surface area contributed by atoms with Crippen molar-refractivity contribution in [2.75, 3.05) is 10.6 Å². The number of hydrogen-bond donors (Lipinski definition) is 3.